The highest BCUT2D eigenvalue weighted by Crippen LogP contribution is 2.32. The number of aryl methyl sites for hydroxylation is 2. The molecule has 4 rings (SSSR count). The lowest BCUT2D eigenvalue weighted by atomic mass is 10.0. The van der Waals surface area contributed by atoms with Crippen molar-refractivity contribution >= 4 is 32.6 Å². The summed E-state index contributed by atoms with van der Waals surface area (Å²) in [4.78, 5) is 18.9. The number of amides is 1. The molecule has 0 saturated carbocycles. The summed E-state index contributed by atoms with van der Waals surface area (Å²) in [7, 11) is 0. The third-order valence-corrected chi connectivity index (χ3v) is 5.78. The van der Waals surface area contributed by atoms with Gasteiger partial charge in [-0.1, -0.05) is 29.5 Å². The lowest BCUT2D eigenvalue weighted by Gasteiger charge is -2.19. The Kier molecular flexibility index (Phi) is 5.15. The largest absolute Gasteiger partial charge is 0.467 e. The number of hydrogen-bond donors (Lipinski definition) is 0. The summed E-state index contributed by atoms with van der Waals surface area (Å²) in [6.07, 6.45) is 1.68. The van der Waals surface area contributed by atoms with Crippen LogP contribution in [0.4, 0.5) is 13.9 Å². The third kappa shape index (κ3) is 4.05. The van der Waals surface area contributed by atoms with E-state index in [9.17, 15) is 13.6 Å². The van der Waals surface area contributed by atoms with Gasteiger partial charge in [0.05, 0.1) is 23.9 Å². The van der Waals surface area contributed by atoms with Gasteiger partial charge in [0.15, 0.2) is 10.9 Å². The fraction of sp³-hybridized carbons (Fsp3) is 0.182. The van der Waals surface area contributed by atoms with E-state index in [0.29, 0.717) is 15.6 Å². The Balaban J connectivity index is 1.70. The van der Waals surface area contributed by atoms with Crippen LogP contribution in [0, 0.1) is 25.5 Å². The maximum Gasteiger partial charge on any atom is 0.233 e. The van der Waals surface area contributed by atoms with Crippen molar-refractivity contribution in [2.24, 2.45) is 0 Å². The molecule has 4 aromatic rings. The molecule has 0 spiro atoms. The molecule has 0 saturated heterocycles. The molecule has 0 aliphatic rings. The zero-order valence-electron chi connectivity index (χ0n) is 15.9. The van der Waals surface area contributed by atoms with Gasteiger partial charge in [-0.05, 0) is 48.7 Å². The first-order valence-electron chi connectivity index (χ1n) is 9.05. The normalized spacial score (nSPS) is 11.2. The van der Waals surface area contributed by atoms with E-state index in [-0.39, 0.29) is 24.4 Å². The van der Waals surface area contributed by atoms with Gasteiger partial charge in [-0.15, -0.1) is 0 Å². The Morgan fingerprint density at radius 1 is 1.14 bits per heavy atom. The summed E-state index contributed by atoms with van der Waals surface area (Å²) in [5, 5.41) is 0.301. The Labute approximate surface area is 170 Å². The minimum Gasteiger partial charge on any atom is -0.467 e. The fourth-order valence-electron chi connectivity index (χ4n) is 3.07. The van der Waals surface area contributed by atoms with Crippen LogP contribution in [0.3, 0.4) is 0 Å². The summed E-state index contributed by atoms with van der Waals surface area (Å²) < 4.78 is 33.4. The van der Waals surface area contributed by atoms with Gasteiger partial charge in [-0.2, -0.15) is 0 Å². The smallest absolute Gasteiger partial charge is 0.233 e. The summed E-state index contributed by atoms with van der Waals surface area (Å²) in [6.45, 7) is 4.16. The average Bonchev–Trinajstić information content (AvgIpc) is 3.32. The van der Waals surface area contributed by atoms with Crippen LogP contribution in [0.5, 0.6) is 0 Å². The molecule has 0 unspecified atom stereocenters. The molecule has 2 heterocycles. The lowest BCUT2D eigenvalue weighted by Crippen LogP contribution is -2.31. The first kappa shape index (κ1) is 19.3. The van der Waals surface area contributed by atoms with Gasteiger partial charge in [-0.3, -0.25) is 9.69 Å². The average molecular weight is 412 g/mol. The second-order valence-electron chi connectivity index (χ2n) is 6.89. The molecule has 148 valence electrons. The van der Waals surface area contributed by atoms with Crippen LogP contribution in [0.1, 0.15) is 22.5 Å². The Bertz CT molecular complexity index is 1190. The van der Waals surface area contributed by atoms with Crippen LogP contribution >= 0.6 is 11.3 Å². The van der Waals surface area contributed by atoms with Gasteiger partial charge in [0.2, 0.25) is 5.91 Å². The molecule has 0 aliphatic carbocycles. The van der Waals surface area contributed by atoms with E-state index in [2.05, 4.69) is 4.98 Å². The van der Waals surface area contributed by atoms with Crippen LogP contribution in [0.15, 0.2) is 53.1 Å². The predicted molar refractivity (Wildman–Crippen MR) is 109 cm³/mol. The molecule has 29 heavy (non-hydrogen) atoms. The van der Waals surface area contributed by atoms with Crippen molar-refractivity contribution in [3.05, 3.63) is 82.8 Å². The molecule has 7 heteroatoms. The van der Waals surface area contributed by atoms with Crippen LogP contribution < -0.4 is 4.90 Å². The maximum absolute atomic E-state index is 14.1. The minimum absolute atomic E-state index is 0.0508. The van der Waals surface area contributed by atoms with Crippen LogP contribution in [0.2, 0.25) is 0 Å². The fourth-order valence-corrected chi connectivity index (χ4v) is 4.09. The number of benzene rings is 2. The monoisotopic (exact) mass is 412 g/mol. The zero-order chi connectivity index (χ0) is 20.5. The number of fused-ring (bicyclic) bond motifs is 1. The highest BCUT2D eigenvalue weighted by molar-refractivity contribution is 7.22. The summed E-state index contributed by atoms with van der Waals surface area (Å²) >= 11 is 1.07. The molecule has 1 amide bonds. The van der Waals surface area contributed by atoms with Crippen molar-refractivity contribution in [3.8, 4) is 0 Å². The summed E-state index contributed by atoms with van der Waals surface area (Å²) in [6, 6.07) is 11.4. The number of thiazole rings is 1. The van der Waals surface area contributed by atoms with E-state index in [1.165, 1.54) is 17.2 Å². The van der Waals surface area contributed by atoms with Gasteiger partial charge < -0.3 is 4.42 Å². The number of halogens is 2. The van der Waals surface area contributed by atoms with E-state index in [4.69, 9.17) is 4.42 Å². The number of carbonyl (C=O) groups excluding carboxylic acids is 1. The van der Waals surface area contributed by atoms with Crippen molar-refractivity contribution in [3.63, 3.8) is 0 Å². The predicted octanol–water partition coefficient (Wildman–Crippen LogP) is 5.56. The summed E-state index contributed by atoms with van der Waals surface area (Å²) in [5.41, 5.74) is 3.18. The van der Waals surface area contributed by atoms with Gasteiger partial charge in [0, 0.05) is 6.07 Å². The summed E-state index contributed by atoms with van der Waals surface area (Å²) in [5.74, 6) is -1.06. The molecule has 4 nitrogen and oxygen atoms in total. The van der Waals surface area contributed by atoms with Gasteiger partial charge in [-0.25, -0.2) is 13.8 Å². The SMILES string of the molecule is Cc1ccc(CC(=O)N(Cc2ccco2)c2nc3c(F)cc(F)cc3s2)cc1C. The van der Waals surface area contributed by atoms with Crippen molar-refractivity contribution in [2.75, 3.05) is 4.90 Å². The zero-order valence-corrected chi connectivity index (χ0v) is 16.7. The second-order valence-corrected chi connectivity index (χ2v) is 7.89. The van der Waals surface area contributed by atoms with Crippen molar-refractivity contribution in [1.29, 1.82) is 0 Å². The van der Waals surface area contributed by atoms with E-state index < -0.39 is 11.6 Å². The molecule has 0 fully saturated rings. The quantitative estimate of drug-likeness (QED) is 0.431. The van der Waals surface area contributed by atoms with E-state index in [1.54, 1.807) is 12.1 Å². The van der Waals surface area contributed by atoms with E-state index >= 15 is 0 Å². The molecular weight excluding hydrogens is 394 g/mol. The highest BCUT2D eigenvalue weighted by Gasteiger charge is 2.23. The van der Waals surface area contributed by atoms with Crippen molar-refractivity contribution in [2.45, 2.75) is 26.8 Å². The first-order chi connectivity index (χ1) is 13.9. The molecule has 2 aromatic heterocycles. The Morgan fingerprint density at radius 3 is 2.69 bits per heavy atom. The van der Waals surface area contributed by atoms with Gasteiger partial charge in [0.25, 0.3) is 0 Å². The first-order valence-corrected chi connectivity index (χ1v) is 9.87. The molecule has 0 N–H and O–H groups in total. The number of nitrogens with zero attached hydrogens (tertiary/aromatic N) is 2. The number of rotatable bonds is 5. The standard InChI is InChI=1S/C22H18F2N2O2S/c1-13-5-6-15(8-14(13)2)9-20(27)26(12-17-4-3-7-28-17)22-25-21-18(24)10-16(23)11-19(21)29-22/h3-8,10-11H,9,12H2,1-2H3. The third-order valence-electron chi connectivity index (χ3n) is 4.75. The second kappa shape index (κ2) is 7.75. The minimum atomic E-state index is -0.748. The number of furan rings is 1. The Hall–Kier alpha value is -3.06. The van der Waals surface area contributed by atoms with Crippen LogP contribution in [-0.2, 0) is 17.8 Å². The number of carbonyl (C=O) groups is 1. The maximum atomic E-state index is 14.1. The topological polar surface area (TPSA) is 46.3 Å². The van der Waals surface area contributed by atoms with E-state index in [1.807, 2.05) is 32.0 Å². The van der Waals surface area contributed by atoms with Crippen molar-refractivity contribution < 1.29 is 18.0 Å². The molecular formula is C22H18F2N2O2S. The highest BCUT2D eigenvalue weighted by atomic mass is 32.1. The number of hydrogen-bond acceptors (Lipinski definition) is 4. The van der Waals surface area contributed by atoms with Gasteiger partial charge >= 0.3 is 0 Å². The Morgan fingerprint density at radius 2 is 1.97 bits per heavy atom. The van der Waals surface area contributed by atoms with Gasteiger partial charge in [0.1, 0.15) is 17.1 Å². The number of aromatic nitrogens is 1. The molecule has 2 aromatic carbocycles. The molecule has 0 atom stereocenters. The van der Waals surface area contributed by atoms with Crippen LogP contribution in [-0.4, -0.2) is 10.9 Å². The molecule has 0 aliphatic heterocycles. The van der Waals surface area contributed by atoms with Crippen molar-refractivity contribution in [1.82, 2.24) is 4.98 Å². The lowest BCUT2D eigenvalue weighted by molar-refractivity contribution is -0.118. The van der Waals surface area contributed by atoms with Crippen LogP contribution in [0.25, 0.3) is 10.2 Å². The molecule has 0 bridgehead atoms. The molecule has 0 radical (unpaired) electrons. The number of anilines is 1. The van der Waals surface area contributed by atoms with E-state index in [0.717, 1.165) is 34.1 Å².